The Morgan fingerprint density at radius 3 is 2.62 bits per heavy atom. The molecule has 3 aromatic heterocycles. The van der Waals surface area contributed by atoms with Crippen LogP contribution in [0.3, 0.4) is 0 Å². The third kappa shape index (κ3) is 1.88. The Labute approximate surface area is 120 Å². The lowest BCUT2D eigenvalue weighted by atomic mass is 10.1. The van der Waals surface area contributed by atoms with Crippen molar-refractivity contribution in [2.45, 2.75) is 6.92 Å². The lowest BCUT2D eigenvalue weighted by Crippen LogP contribution is -1.95. The van der Waals surface area contributed by atoms with E-state index in [0.29, 0.717) is 11.7 Å². The Bertz CT molecular complexity index is 910. The van der Waals surface area contributed by atoms with E-state index in [9.17, 15) is 0 Å². The number of nitrogens with zero attached hydrogens (tertiary/aromatic N) is 5. The van der Waals surface area contributed by atoms with Crippen LogP contribution in [-0.2, 0) is 0 Å². The number of benzene rings is 1. The van der Waals surface area contributed by atoms with Gasteiger partial charge in [-0.1, -0.05) is 35.5 Å². The quantitative estimate of drug-likeness (QED) is 0.563. The molecule has 0 aliphatic heterocycles. The van der Waals surface area contributed by atoms with Crippen LogP contribution in [0, 0.1) is 6.92 Å². The molecule has 0 N–H and O–H groups in total. The molecule has 3 heterocycles. The molecule has 0 bridgehead atoms. The first-order valence-corrected chi connectivity index (χ1v) is 6.53. The standard InChI is InChI=1S/C15H11N5O/c1-10-17-15(19-21-10)14-13(11-6-3-2-4-7-11)18-12-8-5-9-16-20(12)14/h2-9H,1H3. The molecule has 0 saturated heterocycles. The van der Waals surface area contributed by atoms with Crippen molar-refractivity contribution in [3.05, 3.63) is 54.6 Å². The first-order chi connectivity index (χ1) is 10.3. The molecule has 0 atom stereocenters. The molecule has 0 aliphatic rings. The molecule has 0 aliphatic carbocycles. The van der Waals surface area contributed by atoms with Gasteiger partial charge in [-0.15, -0.1) is 0 Å². The molecule has 4 aromatic rings. The highest BCUT2D eigenvalue weighted by atomic mass is 16.5. The molecule has 102 valence electrons. The maximum absolute atomic E-state index is 5.10. The highest BCUT2D eigenvalue weighted by molar-refractivity contribution is 5.78. The van der Waals surface area contributed by atoms with Crippen molar-refractivity contribution in [2.75, 3.05) is 0 Å². The largest absolute Gasteiger partial charge is 0.339 e. The first kappa shape index (κ1) is 11.8. The summed E-state index contributed by atoms with van der Waals surface area (Å²) in [4.78, 5) is 8.96. The molecule has 0 amide bonds. The molecule has 4 rings (SSSR count). The van der Waals surface area contributed by atoms with Crippen molar-refractivity contribution < 1.29 is 4.52 Å². The van der Waals surface area contributed by atoms with Crippen molar-refractivity contribution in [1.82, 2.24) is 24.7 Å². The number of aromatic nitrogens is 5. The predicted molar refractivity (Wildman–Crippen MR) is 76.5 cm³/mol. The lowest BCUT2D eigenvalue weighted by Gasteiger charge is -1.99. The van der Waals surface area contributed by atoms with E-state index in [4.69, 9.17) is 4.52 Å². The minimum absolute atomic E-state index is 0.484. The molecule has 6 nitrogen and oxygen atoms in total. The van der Waals surface area contributed by atoms with Gasteiger partial charge in [0.15, 0.2) is 5.65 Å². The molecule has 1 aromatic carbocycles. The van der Waals surface area contributed by atoms with Gasteiger partial charge in [0, 0.05) is 18.7 Å². The number of rotatable bonds is 2. The summed E-state index contributed by atoms with van der Waals surface area (Å²) < 4.78 is 6.83. The van der Waals surface area contributed by atoms with Crippen LogP contribution >= 0.6 is 0 Å². The zero-order chi connectivity index (χ0) is 14.2. The maximum Gasteiger partial charge on any atom is 0.223 e. The van der Waals surface area contributed by atoms with Crippen molar-refractivity contribution in [1.29, 1.82) is 0 Å². The lowest BCUT2D eigenvalue weighted by molar-refractivity contribution is 0.394. The summed E-state index contributed by atoms with van der Waals surface area (Å²) in [6, 6.07) is 13.7. The van der Waals surface area contributed by atoms with E-state index in [2.05, 4.69) is 20.2 Å². The summed E-state index contributed by atoms with van der Waals surface area (Å²) in [6.45, 7) is 1.76. The average Bonchev–Trinajstić information content (AvgIpc) is 3.11. The molecule has 0 spiro atoms. The van der Waals surface area contributed by atoms with Crippen LogP contribution in [0.2, 0.25) is 0 Å². The minimum atomic E-state index is 0.484. The van der Waals surface area contributed by atoms with Gasteiger partial charge in [0.1, 0.15) is 11.4 Å². The van der Waals surface area contributed by atoms with Crippen LogP contribution in [0.25, 0.3) is 28.4 Å². The molecular weight excluding hydrogens is 266 g/mol. The van der Waals surface area contributed by atoms with Gasteiger partial charge in [-0.05, 0) is 12.1 Å². The van der Waals surface area contributed by atoms with Crippen LogP contribution in [0.1, 0.15) is 5.89 Å². The smallest absolute Gasteiger partial charge is 0.223 e. The van der Waals surface area contributed by atoms with E-state index in [1.165, 1.54) is 0 Å². The van der Waals surface area contributed by atoms with E-state index in [-0.39, 0.29) is 0 Å². The molecule has 6 heteroatoms. The molecule has 21 heavy (non-hydrogen) atoms. The highest BCUT2D eigenvalue weighted by Gasteiger charge is 2.20. The summed E-state index contributed by atoms with van der Waals surface area (Å²) in [5.41, 5.74) is 3.25. The minimum Gasteiger partial charge on any atom is -0.339 e. The van der Waals surface area contributed by atoms with Gasteiger partial charge in [0.25, 0.3) is 0 Å². The topological polar surface area (TPSA) is 69.1 Å². The van der Waals surface area contributed by atoms with Gasteiger partial charge in [-0.25, -0.2) is 9.50 Å². The van der Waals surface area contributed by atoms with E-state index in [0.717, 1.165) is 22.6 Å². The zero-order valence-corrected chi connectivity index (χ0v) is 11.3. The number of fused-ring (bicyclic) bond motifs is 1. The zero-order valence-electron chi connectivity index (χ0n) is 11.3. The van der Waals surface area contributed by atoms with Crippen LogP contribution in [-0.4, -0.2) is 24.7 Å². The number of aryl methyl sites for hydroxylation is 1. The van der Waals surface area contributed by atoms with Gasteiger partial charge in [-0.3, -0.25) is 0 Å². The van der Waals surface area contributed by atoms with Gasteiger partial charge in [0.2, 0.25) is 11.7 Å². The predicted octanol–water partition coefficient (Wildman–Crippen LogP) is 2.75. The molecular formula is C15H11N5O. The summed E-state index contributed by atoms with van der Waals surface area (Å²) in [7, 11) is 0. The fraction of sp³-hybridized carbons (Fsp3) is 0.0667. The van der Waals surface area contributed by atoms with Gasteiger partial charge in [-0.2, -0.15) is 10.1 Å². The first-order valence-electron chi connectivity index (χ1n) is 6.53. The van der Waals surface area contributed by atoms with Crippen molar-refractivity contribution in [3.8, 4) is 22.8 Å². The van der Waals surface area contributed by atoms with E-state index < -0.39 is 0 Å². The van der Waals surface area contributed by atoms with E-state index >= 15 is 0 Å². The van der Waals surface area contributed by atoms with Crippen molar-refractivity contribution in [3.63, 3.8) is 0 Å². The van der Waals surface area contributed by atoms with Crippen molar-refractivity contribution >= 4 is 5.65 Å². The van der Waals surface area contributed by atoms with E-state index in [1.54, 1.807) is 17.6 Å². The fourth-order valence-corrected chi connectivity index (χ4v) is 2.28. The highest BCUT2D eigenvalue weighted by Crippen LogP contribution is 2.30. The Kier molecular flexibility index (Phi) is 2.53. The summed E-state index contributed by atoms with van der Waals surface area (Å²) >= 11 is 0. The monoisotopic (exact) mass is 277 g/mol. The molecule has 0 unspecified atom stereocenters. The number of hydrogen-bond donors (Lipinski definition) is 0. The van der Waals surface area contributed by atoms with Crippen LogP contribution in [0.15, 0.2) is 53.2 Å². The second-order valence-corrected chi connectivity index (χ2v) is 4.61. The Balaban J connectivity index is 2.06. The summed E-state index contributed by atoms with van der Waals surface area (Å²) in [5, 5.41) is 8.35. The van der Waals surface area contributed by atoms with Gasteiger partial charge in [0.05, 0.1) is 0 Å². The summed E-state index contributed by atoms with van der Waals surface area (Å²) in [5.74, 6) is 0.993. The molecule has 0 radical (unpaired) electrons. The second-order valence-electron chi connectivity index (χ2n) is 4.61. The third-order valence-electron chi connectivity index (χ3n) is 3.18. The molecule has 0 fully saturated rings. The Hall–Kier alpha value is -3.02. The van der Waals surface area contributed by atoms with Crippen molar-refractivity contribution in [2.24, 2.45) is 0 Å². The second kappa shape index (κ2) is 4.52. The summed E-state index contributed by atoms with van der Waals surface area (Å²) in [6.07, 6.45) is 1.71. The maximum atomic E-state index is 5.10. The Morgan fingerprint density at radius 2 is 1.86 bits per heavy atom. The SMILES string of the molecule is Cc1nc(-c2c(-c3ccccc3)nc3cccnn23)no1. The van der Waals surface area contributed by atoms with Crippen LogP contribution < -0.4 is 0 Å². The van der Waals surface area contributed by atoms with E-state index in [1.807, 2.05) is 42.5 Å². The normalized spacial score (nSPS) is 11.1. The third-order valence-corrected chi connectivity index (χ3v) is 3.18. The van der Waals surface area contributed by atoms with Gasteiger partial charge >= 0.3 is 0 Å². The van der Waals surface area contributed by atoms with Gasteiger partial charge < -0.3 is 4.52 Å². The van der Waals surface area contributed by atoms with Crippen LogP contribution in [0.4, 0.5) is 0 Å². The average molecular weight is 277 g/mol. The van der Waals surface area contributed by atoms with Crippen LogP contribution in [0.5, 0.6) is 0 Å². The molecule has 0 saturated carbocycles. The number of hydrogen-bond acceptors (Lipinski definition) is 5. The fourth-order valence-electron chi connectivity index (χ4n) is 2.28. The number of imidazole rings is 1. The Morgan fingerprint density at radius 1 is 1.00 bits per heavy atom.